The van der Waals surface area contributed by atoms with Crippen LogP contribution in [0.2, 0.25) is 0 Å². The van der Waals surface area contributed by atoms with Gasteiger partial charge in [-0.2, -0.15) is 13.2 Å². The van der Waals surface area contributed by atoms with Crippen LogP contribution in [0.3, 0.4) is 0 Å². The van der Waals surface area contributed by atoms with Gasteiger partial charge in [0.2, 0.25) is 0 Å². The molecule has 4 rings (SSSR count). The van der Waals surface area contributed by atoms with Gasteiger partial charge in [-0.25, -0.2) is 9.97 Å². The van der Waals surface area contributed by atoms with Crippen molar-refractivity contribution in [1.29, 1.82) is 0 Å². The normalized spacial score (nSPS) is 11.6. The molecular formula is C20H15F3N4O3S2. The molecular weight excluding hydrogens is 465 g/mol. The molecule has 166 valence electrons. The van der Waals surface area contributed by atoms with Crippen LogP contribution in [0.25, 0.3) is 10.2 Å². The fourth-order valence-corrected chi connectivity index (χ4v) is 4.45. The molecule has 32 heavy (non-hydrogen) atoms. The zero-order valence-corrected chi connectivity index (χ0v) is 18.1. The Morgan fingerprint density at radius 2 is 2.12 bits per heavy atom. The Balaban J connectivity index is 1.46. The summed E-state index contributed by atoms with van der Waals surface area (Å²) >= 11 is 2.48. The van der Waals surface area contributed by atoms with Gasteiger partial charge in [-0.15, -0.1) is 0 Å². The van der Waals surface area contributed by atoms with Gasteiger partial charge in [-0.05, 0) is 37.3 Å². The number of hydrogen-bond acceptors (Lipinski definition) is 8. The third kappa shape index (κ3) is 5.56. The van der Waals surface area contributed by atoms with E-state index in [9.17, 15) is 18.0 Å². The van der Waals surface area contributed by atoms with Gasteiger partial charge in [0.1, 0.15) is 16.5 Å². The van der Waals surface area contributed by atoms with Gasteiger partial charge in [0.15, 0.2) is 11.7 Å². The second-order valence-corrected chi connectivity index (χ2v) is 8.57. The van der Waals surface area contributed by atoms with Crippen molar-refractivity contribution in [2.45, 2.75) is 23.9 Å². The summed E-state index contributed by atoms with van der Waals surface area (Å²) in [6.45, 7) is 0.417. The number of ether oxygens (including phenoxy) is 1. The van der Waals surface area contributed by atoms with E-state index in [2.05, 4.69) is 20.4 Å². The quantitative estimate of drug-likeness (QED) is 0.351. The maximum atomic E-state index is 12.8. The monoisotopic (exact) mass is 480 g/mol. The van der Waals surface area contributed by atoms with Crippen molar-refractivity contribution in [3.05, 3.63) is 59.6 Å². The van der Waals surface area contributed by atoms with E-state index < -0.39 is 18.7 Å². The second kappa shape index (κ2) is 9.17. The number of benzene rings is 1. The minimum absolute atomic E-state index is 0.0744. The lowest BCUT2D eigenvalue weighted by Gasteiger charge is -2.08. The Bertz CT molecular complexity index is 1260. The van der Waals surface area contributed by atoms with Crippen LogP contribution in [-0.2, 0) is 5.75 Å². The third-order valence-corrected chi connectivity index (χ3v) is 6.00. The molecule has 1 aromatic carbocycles. The molecule has 0 unspecified atom stereocenters. The summed E-state index contributed by atoms with van der Waals surface area (Å²) < 4.78 is 47.4. The van der Waals surface area contributed by atoms with Crippen molar-refractivity contribution >= 4 is 44.4 Å². The summed E-state index contributed by atoms with van der Waals surface area (Å²) in [4.78, 5) is 21.4. The molecule has 0 aliphatic carbocycles. The number of nitrogens with one attached hydrogen (secondary N) is 1. The van der Waals surface area contributed by atoms with E-state index in [0.717, 1.165) is 17.0 Å². The van der Waals surface area contributed by atoms with Crippen LogP contribution < -0.4 is 10.1 Å². The summed E-state index contributed by atoms with van der Waals surface area (Å²) in [5.41, 5.74) is 1.64. The maximum Gasteiger partial charge on any atom is 0.422 e. The molecule has 4 aromatic rings. The van der Waals surface area contributed by atoms with Crippen molar-refractivity contribution in [1.82, 2.24) is 15.1 Å². The molecule has 0 bridgehead atoms. The number of rotatable bonds is 7. The minimum Gasteiger partial charge on any atom is -0.484 e. The second-order valence-electron chi connectivity index (χ2n) is 6.58. The van der Waals surface area contributed by atoms with Gasteiger partial charge in [0.25, 0.3) is 5.91 Å². The number of thioether (sulfide) groups is 1. The van der Waals surface area contributed by atoms with Crippen molar-refractivity contribution in [3.63, 3.8) is 0 Å². The Labute approximate surface area is 188 Å². The molecule has 0 radical (unpaired) electrons. The fourth-order valence-electron chi connectivity index (χ4n) is 2.68. The number of anilines is 1. The standard InChI is InChI=1S/C20H15F3N4O3S2/c1-11-7-12(27-30-11)9-31-18-14(3-2-6-24-18)17(28)26-19-25-15-5-4-13(8-16(15)32-19)29-10-20(21,22)23/h2-8H,9-10H2,1H3,(H,25,26,28). The molecule has 0 aliphatic rings. The molecule has 1 amide bonds. The predicted octanol–water partition coefficient (Wildman–Crippen LogP) is 5.47. The van der Waals surface area contributed by atoms with E-state index in [-0.39, 0.29) is 5.75 Å². The van der Waals surface area contributed by atoms with Gasteiger partial charge < -0.3 is 9.26 Å². The Morgan fingerprint density at radius 1 is 1.28 bits per heavy atom. The van der Waals surface area contributed by atoms with Crippen LogP contribution in [0.15, 0.2) is 52.1 Å². The first-order chi connectivity index (χ1) is 15.3. The van der Waals surface area contributed by atoms with E-state index in [0.29, 0.717) is 37.5 Å². The lowest BCUT2D eigenvalue weighted by atomic mass is 10.3. The van der Waals surface area contributed by atoms with Crippen molar-refractivity contribution in [3.8, 4) is 5.75 Å². The summed E-state index contributed by atoms with van der Waals surface area (Å²) in [6.07, 6.45) is -2.83. The number of carbonyl (C=O) groups excluding carboxylic acids is 1. The zero-order chi connectivity index (χ0) is 22.7. The van der Waals surface area contributed by atoms with Crippen LogP contribution in [0, 0.1) is 6.92 Å². The highest BCUT2D eigenvalue weighted by Crippen LogP contribution is 2.31. The SMILES string of the molecule is Cc1cc(CSc2ncccc2C(=O)Nc2nc3ccc(OCC(F)(F)F)cc3s2)no1. The number of alkyl halides is 3. The first-order valence-electron chi connectivity index (χ1n) is 9.18. The number of fused-ring (bicyclic) bond motifs is 1. The molecule has 0 aliphatic heterocycles. The van der Waals surface area contributed by atoms with E-state index in [4.69, 9.17) is 9.26 Å². The molecule has 3 aromatic heterocycles. The number of thiazole rings is 1. The highest BCUT2D eigenvalue weighted by atomic mass is 32.2. The average molecular weight is 480 g/mol. The summed E-state index contributed by atoms with van der Waals surface area (Å²) in [5, 5.41) is 7.49. The molecule has 1 N–H and O–H groups in total. The van der Waals surface area contributed by atoms with Crippen molar-refractivity contribution < 1.29 is 27.2 Å². The predicted molar refractivity (Wildman–Crippen MR) is 114 cm³/mol. The molecule has 0 saturated heterocycles. The van der Waals surface area contributed by atoms with Gasteiger partial charge in [0.05, 0.1) is 21.5 Å². The highest BCUT2D eigenvalue weighted by molar-refractivity contribution is 7.98. The van der Waals surface area contributed by atoms with E-state index in [1.165, 1.54) is 23.9 Å². The first kappa shape index (κ1) is 22.1. The van der Waals surface area contributed by atoms with Gasteiger partial charge in [-0.3, -0.25) is 10.1 Å². The number of amides is 1. The molecule has 3 heterocycles. The minimum atomic E-state index is -4.42. The number of hydrogen-bond donors (Lipinski definition) is 1. The topological polar surface area (TPSA) is 90.1 Å². The summed E-state index contributed by atoms with van der Waals surface area (Å²) in [6, 6.07) is 9.51. The highest BCUT2D eigenvalue weighted by Gasteiger charge is 2.28. The number of aryl methyl sites for hydroxylation is 1. The maximum absolute atomic E-state index is 12.8. The number of nitrogens with zero attached hydrogens (tertiary/aromatic N) is 3. The molecule has 0 atom stereocenters. The lowest BCUT2D eigenvalue weighted by Crippen LogP contribution is -2.19. The van der Waals surface area contributed by atoms with Crippen LogP contribution >= 0.6 is 23.1 Å². The fraction of sp³-hybridized carbons (Fsp3) is 0.200. The number of halogens is 3. The molecule has 0 spiro atoms. The smallest absolute Gasteiger partial charge is 0.422 e. The average Bonchev–Trinajstić information content (AvgIpc) is 3.35. The summed E-state index contributed by atoms with van der Waals surface area (Å²) in [5.74, 6) is 0.855. The molecule has 12 heteroatoms. The van der Waals surface area contributed by atoms with Crippen molar-refractivity contribution in [2.24, 2.45) is 0 Å². The molecule has 0 saturated carbocycles. The van der Waals surface area contributed by atoms with Crippen LogP contribution in [0.1, 0.15) is 21.8 Å². The van der Waals surface area contributed by atoms with E-state index >= 15 is 0 Å². The van der Waals surface area contributed by atoms with Crippen LogP contribution in [0.5, 0.6) is 5.75 Å². The Kier molecular flexibility index (Phi) is 6.33. The molecule has 0 fully saturated rings. The zero-order valence-electron chi connectivity index (χ0n) is 16.5. The number of pyridine rings is 1. The van der Waals surface area contributed by atoms with Gasteiger partial charge in [-0.1, -0.05) is 28.3 Å². The Hall–Kier alpha value is -3.12. The Morgan fingerprint density at radius 3 is 2.88 bits per heavy atom. The first-order valence-corrected chi connectivity index (χ1v) is 11.0. The number of carbonyl (C=O) groups is 1. The number of aromatic nitrogens is 3. The van der Waals surface area contributed by atoms with E-state index in [1.54, 1.807) is 31.3 Å². The largest absolute Gasteiger partial charge is 0.484 e. The van der Waals surface area contributed by atoms with Crippen LogP contribution in [-0.4, -0.2) is 33.8 Å². The van der Waals surface area contributed by atoms with Crippen LogP contribution in [0.4, 0.5) is 18.3 Å². The van der Waals surface area contributed by atoms with Gasteiger partial charge >= 0.3 is 6.18 Å². The molecule has 7 nitrogen and oxygen atoms in total. The third-order valence-electron chi connectivity index (χ3n) is 4.03. The van der Waals surface area contributed by atoms with Crippen molar-refractivity contribution in [2.75, 3.05) is 11.9 Å². The van der Waals surface area contributed by atoms with Gasteiger partial charge in [0, 0.05) is 18.0 Å². The lowest BCUT2D eigenvalue weighted by molar-refractivity contribution is -0.153. The summed E-state index contributed by atoms with van der Waals surface area (Å²) in [7, 11) is 0. The van der Waals surface area contributed by atoms with E-state index in [1.807, 2.05) is 6.07 Å².